The second-order valence-corrected chi connectivity index (χ2v) is 7.42. The largest absolute Gasteiger partial charge is 0.366 e. The third-order valence-electron chi connectivity index (χ3n) is 5.52. The lowest BCUT2D eigenvalue weighted by Crippen LogP contribution is -2.14. The number of benzene rings is 2. The highest BCUT2D eigenvalue weighted by atomic mass is 16.1. The summed E-state index contributed by atoms with van der Waals surface area (Å²) in [4.78, 5) is 16.8. The average Bonchev–Trinajstić information content (AvgIpc) is 3.31. The third kappa shape index (κ3) is 3.44. The van der Waals surface area contributed by atoms with Crippen LogP contribution < -0.4 is 5.73 Å². The van der Waals surface area contributed by atoms with Gasteiger partial charge in [-0.25, -0.2) is 4.98 Å². The van der Waals surface area contributed by atoms with Crippen LogP contribution in [0.3, 0.4) is 0 Å². The second-order valence-electron chi connectivity index (χ2n) is 7.42. The van der Waals surface area contributed by atoms with E-state index < -0.39 is 5.91 Å². The van der Waals surface area contributed by atoms with Crippen molar-refractivity contribution >= 4 is 16.7 Å². The standard InChI is InChI=1S/C24H26N4O/c1-3-4-7-13-27-16-26-14-22(27)28-15-21(23(17(28)2)24(25)29)20-12-8-10-18-9-5-6-11-19(18)20/h5-6,8-12,14-16H,3-4,7,13H2,1-2H3,(H2,25,29). The minimum Gasteiger partial charge on any atom is -0.366 e. The van der Waals surface area contributed by atoms with Gasteiger partial charge in [-0.3, -0.25) is 4.79 Å². The molecule has 0 aliphatic heterocycles. The van der Waals surface area contributed by atoms with Gasteiger partial charge in [0.05, 0.1) is 18.1 Å². The minimum absolute atomic E-state index is 0.416. The first-order chi connectivity index (χ1) is 14.1. The molecule has 0 aliphatic rings. The Bertz CT molecular complexity index is 1160. The number of fused-ring (bicyclic) bond motifs is 1. The van der Waals surface area contributed by atoms with Crippen LogP contribution in [0.15, 0.2) is 61.2 Å². The van der Waals surface area contributed by atoms with E-state index in [2.05, 4.69) is 34.7 Å². The Labute approximate surface area is 170 Å². The number of nitrogens with zero attached hydrogens (tertiary/aromatic N) is 3. The molecule has 0 saturated heterocycles. The van der Waals surface area contributed by atoms with Crippen molar-refractivity contribution in [3.63, 3.8) is 0 Å². The molecular weight excluding hydrogens is 360 g/mol. The van der Waals surface area contributed by atoms with E-state index in [-0.39, 0.29) is 0 Å². The summed E-state index contributed by atoms with van der Waals surface area (Å²) >= 11 is 0. The molecular formula is C24H26N4O. The smallest absolute Gasteiger partial charge is 0.251 e. The number of hydrogen-bond donors (Lipinski definition) is 1. The zero-order valence-electron chi connectivity index (χ0n) is 16.9. The van der Waals surface area contributed by atoms with Gasteiger partial charge in [-0.1, -0.05) is 62.2 Å². The Morgan fingerprint density at radius 2 is 1.86 bits per heavy atom. The maximum absolute atomic E-state index is 12.4. The fourth-order valence-corrected chi connectivity index (χ4v) is 4.04. The van der Waals surface area contributed by atoms with Gasteiger partial charge in [-0.2, -0.15) is 0 Å². The summed E-state index contributed by atoms with van der Waals surface area (Å²) in [6, 6.07) is 14.3. The first kappa shape index (κ1) is 19.0. The summed E-state index contributed by atoms with van der Waals surface area (Å²) in [6.07, 6.45) is 9.16. The van der Waals surface area contributed by atoms with Gasteiger partial charge < -0.3 is 14.9 Å². The molecule has 0 radical (unpaired) electrons. The van der Waals surface area contributed by atoms with Crippen molar-refractivity contribution in [1.82, 2.24) is 14.1 Å². The number of unbranched alkanes of at least 4 members (excludes halogenated alkanes) is 2. The normalized spacial score (nSPS) is 11.2. The molecule has 2 heterocycles. The lowest BCUT2D eigenvalue weighted by molar-refractivity contribution is 0.100. The van der Waals surface area contributed by atoms with Gasteiger partial charge in [-0.05, 0) is 29.7 Å². The van der Waals surface area contributed by atoms with Crippen LogP contribution in [-0.2, 0) is 6.54 Å². The van der Waals surface area contributed by atoms with Crippen molar-refractivity contribution in [2.75, 3.05) is 0 Å². The van der Waals surface area contributed by atoms with Crippen molar-refractivity contribution in [2.45, 2.75) is 39.7 Å². The highest BCUT2D eigenvalue weighted by Crippen LogP contribution is 2.34. The Kier molecular flexibility index (Phi) is 5.21. The SMILES string of the molecule is CCCCCn1cncc1-n1cc(-c2cccc3ccccc23)c(C(N)=O)c1C. The molecule has 2 N–H and O–H groups in total. The summed E-state index contributed by atoms with van der Waals surface area (Å²) in [5, 5.41) is 2.24. The second kappa shape index (κ2) is 7.95. The van der Waals surface area contributed by atoms with Crippen molar-refractivity contribution in [1.29, 1.82) is 0 Å². The number of amides is 1. The Morgan fingerprint density at radius 3 is 2.66 bits per heavy atom. The fourth-order valence-electron chi connectivity index (χ4n) is 4.04. The fraction of sp³-hybridized carbons (Fsp3) is 0.250. The number of aromatic nitrogens is 3. The van der Waals surface area contributed by atoms with Crippen molar-refractivity contribution in [3.05, 3.63) is 72.4 Å². The number of aryl methyl sites for hydroxylation is 1. The van der Waals surface area contributed by atoms with E-state index in [0.717, 1.165) is 46.4 Å². The van der Waals surface area contributed by atoms with E-state index in [1.54, 1.807) is 0 Å². The van der Waals surface area contributed by atoms with Crippen molar-refractivity contribution in [2.24, 2.45) is 5.73 Å². The van der Waals surface area contributed by atoms with Crippen molar-refractivity contribution < 1.29 is 4.79 Å². The monoisotopic (exact) mass is 386 g/mol. The number of rotatable bonds is 7. The van der Waals surface area contributed by atoms with E-state index in [1.807, 2.05) is 54.5 Å². The molecule has 148 valence electrons. The number of carbonyl (C=O) groups excluding carboxylic acids is 1. The summed E-state index contributed by atoms with van der Waals surface area (Å²) in [7, 11) is 0. The van der Waals surface area contributed by atoms with Gasteiger partial charge in [-0.15, -0.1) is 0 Å². The highest BCUT2D eigenvalue weighted by molar-refractivity contribution is 6.06. The molecule has 0 unspecified atom stereocenters. The first-order valence-electron chi connectivity index (χ1n) is 10.1. The molecule has 0 spiro atoms. The molecule has 2 aromatic heterocycles. The summed E-state index contributed by atoms with van der Waals surface area (Å²) in [6.45, 7) is 5.04. The van der Waals surface area contributed by atoms with E-state index in [1.165, 1.54) is 12.8 Å². The topological polar surface area (TPSA) is 65.8 Å². The van der Waals surface area contributed by atoms with Crippen LogP contribution in [0.2, 0.25) is 0 Å². The molecule has 0 fully saturated rings. The van der Waals surface area contributed by atoms with Gasteiger partial charge in [0.2, 0.25) is 0 Å². The zero-order chi connectivity index (χ0) is 20.4. The lowest BCUT2D eigenvalue weighted by atomic mass is 9.96. The van der Waals surface area contributed by atoms with Crippen LogP contribution in [0.1, 0.15) is 42.2 Å². The molecule has 1 amide bonds. The van der Waals surface area contributed by atoms with Crippen LogP contribution in [0, 0.1) is 6.92 Å². The lowest BCUT2D eigenvalue weighted by Gasteiger charge is -2.10. The Balaban J connectivity index is 1.88. The van der Waals surface area contributed by atoms with Gasteiger partial charge in [0, 0.05) is 24.0 Å². The maximum Gasteiger partial charge on any atom is 0.251 e. The molecule has 4 aromatic rings. The van der Waals surface area contributed by atoms with Gasteiger partial charge in [0.1, 0.15) is 5.82 Å². The average molecular weight is 386 g/mol. The van der Waals surface area contributed by atoms with Crippen LogP contribution >= 0.6 is 0 Å². The van der Waals surface area contributed by atoms with Crippen LogP contribution in [0.25, 0.3) is 27.7 Å². The van der Waals surface area contributed by atoms with Gasteiger partial charge in [0.15, 0.2) is 0 Å². The predicted octanol–water partition coefficient (Wildman–Crippen LogP) is 5.09. The van der Waals surface area contributed by atoms with E-state index in [0.29, 0.717) is 5.56 Å². The van der Waals surface area contributed by atoms with Crippen molar-refractivity contribution in [3.8, 4) is 16.9 Å². The number of hydrogen-bond acceptors (Lipinski definition) is 2. The van der Waals surface area contributed by atoms with Crippen LogP contribution in [0.4, 0.5) is 0 Å². The Morgan fingerprint density at radius 1 is 1.07 bits per heavy atom. The number of imidazole rings is 1. The molecule has 0 atom stereocenters. The van der Waals surface area contributed by atoms with E-state index in [4.69, 9.17) is 5.73 Å². The third-order valence-corrected chi connectivity index (χ3v) is 5.52. The quantitative estimate of drug-likeness (QED) is 0.450. The number of carbonyl (C=O) groups is 1. The zero-order valence-corrected chi connectivity index (χ0v) is 16.9. The summed E-state index contributed by atoms with van der Waals surface area (Å²) in [5.41, 5.74) is 9.08. The van der Waals surface area contributed by atoms with Crippen LogP contribution in [0.5, 0.6) is 0 Å². The van der Waals surface area contributed by atoms with Gasteiger partial charge >= 0.3 is 0 Å². The molecule has 0 aliphatic carbocycles. The predicted molar refractivity (Wildman–Crippen MR) is 117 cm³/mol. The molecule has 29 heavy (non-hydrogen) atoms. The summed E-state index contributed by atoms with van der Waals surface area (Å²) < 4.78 is 4.18. The summed E-state index contributed by atoms with van der Waals surface area (Å²) in [5.74, 6) is 0.536. The Hall–Kier alpha value is -3.34. The number of primary amides is 1. The van der Waals surface area contributed by atoms with Crippen LogP contribution in [-0.4, -0.2) is 20.0 Å². The van der Waals surface area contributed by atoms with Gasteiger partial charge in [0.25, 0.3) is 5.91 Å². The molecule has 5 nitrogen and oxygen atoms in total. The van der Waals surface area contributed by atoms with E-state index in [9.17, 15) is 4.79 Å². The molecule has 2 aromatic carbocycles. The number of nitrogens with two attached hydrogens (primary N) is 1. The molecule has 0 bridgehead atoms. The highest BCUT2D eigenvalue weighted by Gasteiger charge is 2.21. The molecule has 5 heteroatoms. The first-order valence-corrected chi connectivity index (χ1v) is 10.1. The van der Waals surface area contributed by atoms with E-state index >= 15 is 0 Å². The maximum atomic E-state index is 12.4. The molecule has 0 saturated carbocycles. The molecule has 4 rings (SSSR count). The minimum atomic E-state index is -0.416.